The van der Waals surface area contributed by atoms with Crippen molar-refractivity contribution in [2.45, 2.75) is 17.9 Å². The van der Waals surface area contributed by atoms with Gasteiger partial charge < -0.3 is 4.90 Å². The van der Waals surface area contributed by atoms with Crippen molar-refractivity contribution in [3.63, 3.8) is 0 Å². The fourth-order valence-electron chi connectivity index (χ4n) is 2.89. The SMILES string of the molecule is O=C(CSc1ccc(F)cc1)N1CCCN(Cc2ccncc2)CC1. The van der Waals surface area contributed by atoms with Gasteiger partial charge in [0.15, 0.2) is 0 Å². The zero-order valence-corrected chi connectivity index (χ0v) is 14.9. The van der Waals surface area contributed by atoms with E-state index in [1.165, 1.54) is 29.5 Å². The lowest BCUT2D eigenvalue weighted by atomic mass is 10.2. The van der Waals surface area contributed by atoms with Crippen molar-refractivity contribution in [3.05, 3.63) is 60.2 Å². The van der Waals surface area contributed by atoms with Gasteiger partial charge in [-0.1, -0.05) is 0 Å². The summed E-state index contributed by atoms with van der Waals surface area (Å²) in [6.45, 7) is 4.34. The fraction of sp³-hybridized carbons (Fsp3) is 0.368. The number of amides is 1. The molecule has 0 saturated carbocycles. The van der Waals surface area contributed by atoms with Crippen LogP contribution in [0.25, 0.3) is 0 Å². The van der Waals surface area contributed by atoms with Gasteiger partial charge in [-0.2, -0.15) is 0 Å². The fourth-order valence-corrected chi connectivity index (χ4v) is 3.69. The minimum absolute atomic E-state index is 0.153. The van der Waals surface area contributed by atoms with Crippen LogP contribution in [0.4, 0.5) is 4.39 Å². The number of carbonyl (C=O) groups is 1. The maximum Gasteiger partial charge on any atom is 0.232 e. The molecule has 0 bridgehead atoms. The maximum atomic E-state index is 12.9. The summed E-state index contributed by atoms with van der Waals surface area (Å²) in [5.74, 6) is 0.299. The molecule has 0 aliphatic carbocycles. The molecule has 1 amide bonds. The molecule has 1 aliphatic rings. The van der Waals surface area contributed by atoms with Crippen LogP contribution in [0.2, 0.25) is 0 Å². The minimum Gasteiger partial charge on any atom is -0.341 e. The van der Waals surface area contributed by atoms with E-state index in [0.717, 1.165) is 44.0 Å². The van der Waals surface area contributed by atoms with E-state index in [0.29, 0.717) is 5.75 Å². The lowest BCUT2D eigenvalue weighted by Gasteiger charge is -2.22. The molecule has 0 N–H and O–H groups in total. The molecule has 132 valence electrons. The Morgan fingerprint density at radius 1 is 1.04 bits per heavy atom. The van der Waals surface area contributed by atoms with Crippen LogP contribution in [-0.2, 0) is 11.3 Å². The second kappa shape index (κ2) is 8.97. The van der Waals surface area contributed by atoms with Gasteiger partial charge in [-0.3, -0.25) is 14.7 Å². The van der Waals surface area contributed by atoms with Gasteiger partial charge in [-0.05, 0) is 48.4 Å². The molecule has 6 heteroatoms. The van der Waals surface area contributed by atoms with Gasteiger partial charge in [0.2, 0.25) is 5.91 Å². The lowest BCUT2D eigenvalue weighted by molar-refractivity contribution is -0.128. The average molecular weight is 359 g/mol. The number of carbonyl (C=O) groups excluding carboxylic acids is 1. The van der Waals surface area contributed by atoms with Crippen molar-refractivity contribution in [3.8, 4) is 0 Å². The largest absolute Gasteiger partial charge is 0.341 e. The van der Waals surface area contributed by atoms with E-state index in [2.05, 4.69) is 9.88 Å². The number of benzene rings is 1. The van der Waals surface area contributed by atoms with Crippen LogP contribution in [0.3, 0.4) is 0 Å². The summed E-state index contributed by atoms with van der Waals surface area (Å²) in [7, 11) is 0. The minimum atomic E-state index is -0.252. The molecule has 1 aromatic heterocycles. The topological polar surface area (TPSA) is 36.4 Å². The van der Waals surface area contributed by atoms with Crippen LogP contribution >= 0.6 is 11.8 Å². The van der Waals surface area contributed by atoms with Crippen molar-refractivity contribution in [1.29, 1.82) is 0 Å². The lowest BCUT2D eigenvalue weighted by Crippen LogP contribution is -2.36. The number of nitrogens with zero attached hydrogens (tertiary/aromatic N) is 3. The van der Waals surface area contributed by atoms with Crippen LogP contribution < -0.4 is 0 Å². The number of aromatic nitrogens is 1. The molecule has 1 saturated heterocycles. The third-order valence-corrected chi connectivity index (χ3v) is 5.27. The number of thioether (sulfide) groups is 1. The Morgan fingerprint density at radius 2 is 1.80 bits per heavy atom. The van der Waals surface area contributed by atoms with Gasteiger partial charge in [-0.15, -0.1) is 11.8 Å². The maximum absolute atomic E-state index is 12.9. The average Bonchev–Trinajstić information content (AvgIpc) is 2.87. The standard InChI is InChI=1S/C19H22FN3OS/c20-17-2-4-18(5-3-17)25-15-19(24)23-11-1-10-22(12-13-23)14-16-6-8-21-9-7-16/h2-9H,1,10-15H2. The Hall–Kier alpha value is -1.92. The van der Waals surface area contributed by atoms with Crippen LogP contribution in [0, 0.1) is 5.82 Å². The number of hydrogen-bond acceptors (Lipinski definition) is 4. The van der Waals surface area contributed by atoms with Crippen LogP contribution in [0.5, 0.6) is 0 Å². The molecule has 1 aliphatic heterocycles. The molecule has 1 fully saturated rings. The van der Waals surface area contributed by atoms with E-state index in [-0.39, 0.29) is 11.7 Å². The van der Waals surface area contributed by atoms with Crippen molar-refractivity contribution in [1.82, 2.24) is 14.8 Å². The van der Waals surface area contributed by atoms with Gasteiger partial charge in [0.25, 0.3) is 0 Å². The molecule has 2 heterocycles. The predicted octanol–water partition coefficient (Wildman–Crippen LogP) is 3.05. The highest BCUT2D eigenvalue weighted by atomic mass is 32.2. The number of halogens is 1. The monoisotopic (exact) mass is 359 g/mol. The van der Waals surface area contributed by atoms with E-state index in [4.69, 9.17) is 0 Å². The van der Waals surface area contributed by atoms with E-state index in [1.807, 2.05) is 29.4 Å². The first-order chi connectivity index (χ1) is 12.2. The summed E-state index contributed by atoms with van der Waals surface area (Å²) in [4.78, 5) is 21.8. The van der Waals surface area contributed by atoms with Gasteiger partial charge in [0, 0.05) is 50.0 Å². The molecule has 0 atom stereocenters. The zero-order chi connectivity index (χ0) is 17.5. The first-order valence-corrected chi connectivity index (χ1v) is 9.47. The summed E-state index contributed by atoms with van der Waals surface area (Å²) in [6.07, 6.45) is 4.61. The van der Waals surface area contributed by atoms with Crippen molar-refractivity contribution < 1.29 is 9.18 Å². The molecule has 4 nitrogen and oxygen atoms in total. The highest BCUT2D eigenvalue weighted by Gasteiger charge is 2.19. The second-order valence-electron chi connectivity index (χ2n) is 6.11. The third-order valence-electron chi connectivity index (χ3n) is 4.27. The van der Waals surface area contributed by atoms with Gasteiger partial charge in [0.1, 0.15) is 5.82 Å². The molecule has 3 rings (SSSR count). The van der Waals surface area contributed by atoms with E-state index in [9.17, 15) is 9.18 Å². The normalized spacial score (nSPS) is 15.8. The smallest absolute Gasteiger partial charge is 0.232 e. The Bertz CT molecular complexity index is 681. The quantitative estimate of drug-likeness (QED) is 0.769. The van der Waals surface area contributed by atoms with Crippen LogP contribution in [0.15, 0.2) is 53.7 Å². The first kappa shape index (κ1) is 17.9. The summed E-state index contributed by atoms with van der Waals surface area (Å²) >= 11 is 1.46. The highest BCUT2D eigenvalue weighted by Crippen LogP contribution is 2.19. The summed E-state index contributed by atoms with van der Waals surface area (Å²) in [6, 6.07) is 10.4. The second-order valence-corrected chi connectivity index (χ2v) is 7.16. The molecule has 0 spiro atoms. The van der Waals surface area contributed by atoms with E-state index < -0.39 is 0 Å². The molecule has 2 aromatic rings. The highest BCUT2D eigenvalue weighted by molar-refractivity contribution is 8.00. The van der Waals surface area contributed by atoms with Crippen molar-refractivity contribution >= 4 is 17.7 Å². The molecular formula is C19H22FN3OS. The Kier molecular flexibility index (Phi) is 6.42. The number of hydrogen-bond donors (Lipinski definition) is 0. The summed E-state index contributed by atoms with van der Waals surface area (Å²) < 4.78 is 12.9. The molecular weight excluding hydrogens is 337 g/mol. The molecule has 0 radical (unpaired) electrons. The molecule has 1 aromatic carbocycles. The van der Waals surface area contributed by atoms with Crippen molar-refractivity contribution in [2.24, 2.45) is 0 Å². The van der Waals surface area contributed by atoms with E-state index in [1.54, 1.807) is 12.1 Å². The summed E-state index contributed by atoms with van der Waals surface area (Å²) in [5.41, 5.74) is 1.25. The van der Waals surface area contributed by atoms with Gasteiger partial charge in [-0.25, -0.2) is 4.39 Å². The van der Waals surface area contributed by atoms with Gasteiger partial charge >= 0.3 is 0 Å². The van der Waals surface area contributed by atoms with Gasteiger partial charge in [0.05, 0.1) is 5.75 Å². The Labute approximate surface area is 152 Å². The van der Waals surface area contributed by atoms with Crippen LogP contribution in [-0.4, -0.2) is 52.6 Å². The third kappa shape index (κ3) is 5.54. The molecule has 0 unspecified atom stereocenters. The number of pyridine rings is 1. The zero-order valence-electron chi connectivity index (χ0n) is 14.1. The van der Waals surface area contributed by atoms with Crippen LogP contribution in [0.1, 0.15) is 12.0 Å². The van der Waals surface area contributed by atoms with E-state index >= 15 is 0 Å². The molecule has 25 heavy (non-hydrogen) atoms. The summed E-state index contributed by atoms with van der Waals surface area (Å²) in [5, 5.41) is 0. The number of rotatable bonds is 5. The Balaban J connectivity index is 1.47. The first-order valence-electron chi connectivity index (χ1n) is 8.48. The van der Waals surface area contributed by atoms with Crippen molar-refractivity contribution in [2.75, 3.05) is 31.9 Å². The Morgan fingerprint density at radius 3 is 2.56 bits per heavy atom. The predicted molar refractivity (Wildman–Crippen MR) is 97.8 cm³/mol.